The summed E-state index contributed by atoms with van der Waals surface area (Å²) in [5.74, 6) is 1.13. The lowest BCUT2D eigenvalue weighted by molar-refractivity contribution is 0.0983. The Bertz CT molecular complexity index is 1380. The van der Waals surface area contributed by atoms with Gasteiger partial charge in [0, 0.05) is 43.4 Å². The Kier molecular flexibility index (Phi) is 9.94. The molecule has 1 amide bonds. The molecular weight excluding hydrogens is 572 g/mol. The summed E-state index contributed by atoms with van der Waals surface area (Å²) in [6.45, 7) is 10.6. The standard InChI is InChI=1S/C28H36N4O5S2.ClH/c1-4-30(5-2)14-15-31(28-29-23-18-24-25(19-26(23)38-28)37-17-16-36-24)27(33)21-9-11-22(12-10-21)39(34,35)32-13-7-6-8-20(32)3;/h9-12,18-20H,4-8,13-17H2,1-3H3;1H. The Morgan fingerprint density at radius 2 is 1.73 bits per heavy atom. The number of fused-ring (bicyclic) bond motifs is 2. The van der Waals surface area contributed by atoms with Crippen LogP contribution in [0.25, 0.3) is 10.2 Å². The second-order valence-corrected chi connectivity index (χ2v) is 12.8. The fraction of sp³-hybridized carbons (Fsp3) is 0.500. The van der Waals surface area contributed by atoms with E-state index < -0.39 is 10.0 Å². The van der Waals surface area contributed by atoms with Crippen molar-refractivity contribution in [1.29, 1.82) is 0 Å². The van der Waals surface area contributed by atoms with Crippen molar-refractivity contribution in [3.05, 3.63) is 42.0 Å². The molecule has 1 unspecified atom stereocenters. The maximum absolute atomic E-state index is 13.8. The first-order valence-electron chi connectivity index (χ1n) is 13.7. The lowest BCUT2D eigenvalue weighted by atomic mass is 10.1. The van der Waals surface area contributed by atoms with Gasteiger partial charge in [0.2, 0.25) is 10.0 Å². The Morgan fingerprint density at radius 1 is 1.05 bits per heavy atom. The Labute approximate surface area is 246 Å². The normalized spacial score (nSPS) is 17.6. The van der Waals surface area contributed by atoms with Gasteiger partial charge in [-0.15, -0.1) is 12.4 Å². The van der Waals surface area contributed by atoms with E-state index in [4.69, 9.17) is 14.5 Å². The summed E-state index contributed by atoms with van der Waals surface area (Å²) in [5, 5.41) is 0.586. The number of benzene rings is 2. The number of anilines is 1. The highest BCUT2D eigenvalue weighted by Gasteiger charge is 2.31. The number of piperidine rings is 1. The highest BCUT2D eigenvalue weighted by atomic mass is 35.5. The van der Waals surface area contributed by atoms with Crippen LogP contribution in [-0.2, 0) is 10.0 Å². The molecule has 1 aromatic heterocycles. The molecule has 0 spiro atoms. The molecule has 40 heavy (non-hydrogen) atoms. The molecule has 1 atom stereocenters. The molecule has 2 aromatic carbocycles. The van der Waals surface area contributed by atoms with Gasteiger partial charge in [-0.05, 0) is 57.1 Å². The molecule has 5 rings (SSSR count). The van der Waals surface area contributed by atoms with Crippen molar-refractivity contribution in [3.63, 3.8) is 0 Å². The molecule has 1 saturated heterocycles. The van der Waals surface area contributed by atoms with Gasteiger partial charge in [-0.2, -0.15) is 4.31 Å². The van der Waals surface area contributed by atoms with E-state index in [1.165, 1.54) is 11.3 Å². The van der Waals surface area contributed by atoms with E-state index >= 15 is 0 Å². The average Bonchev–Trinajstić information content (AvgIpc) is 3.36. The first-order chi connectivity index (χ1) is 18.8. The summed E-state index contributed by atoms with van der Waals surface area (Å²) in [4.78, 5) is 22.8. The molecule has 0 radical (unpaired) electrons. The number of hydrogen-bond donors (Lipinski definition) is 0. The summed E-state index contributed by atoms with van der Waals surface area (Å²) < 4.78 is 40.5. The summed E-state index contributed by atoms with van der Waals surface area (Å²) in [6.07, 6.45) is 2.77. The fourth-order valence-electron chi connectivity index (χ4n) is 5.12. The van der Waals surface area contributed by atoms with Crippen LogP contribution in [-0.4, -0.2) is 80.5 Å². The smallest absolute Gasteiger partial charge is 0.260 e. The van der Waals surface area contributed by atoms with Gasteiger partial charge < -0.3 is 14.4 Å². The molecule has 12 heteroatoms. The number of ether oxygens (including phenoxy) is 2. The third-order valence-electron chi connectivity index (χ3n) is 7.50. The van der Waals surface area contributed by atoms with Crippen molar-refractivity contribution in [2.45, 2.75) is 51.0 Å². The van der Waals surface area contributed by atoms with Gasteiger partial charge >= 0.3 is 0 Å². The zero-order valence-corrected chi connectivity index (χ0v) is 25.6. The Morgan fingerprint density at radius 3 is 2.38 bits per heavy atom. The van der Waals surface area contributed by atoms with Gasteiger partial charge in [0.25, 0.3) is 5.91 Å². The number of hydrogen-bond acceptors (Lipinski definition) is 8. The highest BCUT2D eigenvalue weighted by molar-refractivity contribution is 7.89. The van der Waals surface area contributed by atoms with Crippen molar-refractivity contribution in [2.75, 3.05) is 50.8 Å². The lowest BCUT2D eigenvalue weighted by Crippen LogP contribution is -2.42. The molecule has 218 valence electrons. The third-order valence-corrected chi connectivity index (χ3v) is 10.6. The molecule has 2 aliphatic rings. The van der Waals surface area contributed by atoms with E-state index in [0.717, 1.165) is 42.6 Å². The summed E-state index contributed by atoms with van der Waals surface area (Å²) in [6, 6.07) is 10.1. The fourth-order valence-corrected chi connectivity index (χ4v) is 7.82. The Balaban J connectivity index is 0.00000370. The first kappa shape index (κ1) is 30.5. The van der Waals surface area contributed by atoms with Crippen LogP contribution in [0, 0.1) is 0 Å². The number of rotatable bonds is 9. The SMILES string of the molecule is CCN(CC)CCN(C(=O)c1ccc(S(=O)(=O)N2CCCCC2C)cc1)c1nc2cc3c(cc2s1)OCCO3.Cl. The van der Waals surface area contributed by atoms with Crippen LogP contribution >= 0.6 is 23.7 Å². The lowest BCUT2D eigenvalue weighted by Gasteiger charge is -2.32. The predicted molar refractivity (Wildman–Crippen MR) is 161 cm³/mol. The van der Waals surface area contributed by atoms with E-state index in [0.29, 0.717) is 55.0 Å². The molecule has 2 aliphatic heterocycles. The van der Waals surface area contributed by atoms with E-state index in [-0.39, 0.29) is 29.3 Å². The second kappa shape index (κ2) is 13.0. The van der Waals surface area contributed by atoms with E-state index in [1.54, 1.807) is 33.5 Å². The van der Waals surface area contributed by atoms with Crippen molar-refractivity contribution in [2.24, 2.45) is 0 Å². The number of amides is 1. The molecule has 1 fully saturated rings. The molecule has 0 aliphatic carbocycles. The zero-order chi connectivity index (χ0) is 27.6. The largest absolute Gasteiger partial charge is 0.486 e. The van der Waals surface area contributed by atoms with Crippen LogP contribution in [0.1, 0.15) is 50.4 Å². The quantitative estimate of drug-likeness (QED) is 0.336. The number of carbonyl (C=O) groups is 1. The topological polar surface area (TPSA) is 92.3 Å². The van der Waals surface area contributed by atoms with Crippen molar-refractivity contribution in [3.8, 4) is 11.5 Å². The van der Waals surface area contributed by atoms with Gasteiger partial charge in [0.15, 0.2) is 16.6 Å². The highest BCUT2D eigenvalue weighted by Crippen LogP contribution is 2.39. The van der Waals surface area contributed by atoms with Gasteiger partial charge in [-0.25, -0.2) is 13.4 Å². The van der Waals surface area contributed by atoms with Crippen LogP contribution in [0.3, 0.4) is 0 Å². The molecule has 9 nitrogen and oxygen atoms in total. The van der Waals surface area contributed by atoms with Gasteiger partial charge in [-0.1, -0.05) is 31.6 Å². The average molecular weight is 609 g/mol. The van der Waals surface area contributed by atoms with Crippen LogP contribution in [0.2, 0.25) is 0 Å². The minimum atomic E-state index is -3.61. The van der Waals surface area contributed by atoms with Crippen molar-refractivity contribution < 1.29 is 22.7 Å². The number of halogens is 1. The number of likely N-dealkylation sites (N-methyl/N-ethyl adjacent to an activating group) is 1. The summed E-state index contributed by atoms with van der Waals surface area (Å²) >= 11 is 1.43. The molecule has 0 N–H and O–H groups in total. The van der Waals surface area contributed by atoms with Crippen LogP contribution < -0.4 is 14.4 Å². The summed E-state index contributed by atoms with van der Waals surface area (Å²) in [7, 11) is -3.61. The number of aromatic nitrogens is 1. The number of nitrogens with zero attached hydrogens (tertiary/aromatic N) is 4. The van der Waals surface area contributed by atoms with E-state index in [2.05, 4.69) is 18.7 Å². The molecule has 3 heterocycles. The van der Waals surface area contributed by atoms with Crippen LogP contribution in [0.4, 0.5) is 5.13 Å². The monoisotopic (exact) mass is 608 g/mol. The number of carbonyl (C=O) groups excluding carboxylic acids is 1. The van der Waals surface area contributed by atoms with Gasteiger partial charge in [0.05, 0.1) is 15.1 Å². The van der Waals surface area contributed by atoms with Crippen molar-refractivity contribution in [1.82, 2.24) is 14.2 Å². The molecule has 0 bridgehead atoms. The third kappa shape index (κ3) is 6.23. The van der Waals surface area contributed by atoms with E-state index in [1.807, 2.05) is 19.1 Å². The minimum Gasteiger partial charge on any atom is -0.486 e. The number of sulfonamides is 1. The van der Waals surface area contributed by atoms with E-state index in [9.17, 15) is 13.2 Å². The maximum atomic E-state index is 13.8. The molecule has 0 saturated carbocycles. The number of thiazole rings is 1. The van der Waals surface area contributed by atoms with Crippen molar-refractivity contribution >= 4 is 55.0 Å². The first-order valence-corrected chi connectivity index (χ1v) is 15.9. The summed E-state index contributed by atoms with van der Waals surface area (Å²) in [5.41, 5.74) is 1.17. The van der Waals surface area contributed by atoms with Crippen LogP contribution in [0.5, 0.6) is 11.5 Å². The molecular formula is C28H37ClN4O5S2. The van der Waals surface area contributed by atoms with Gasteiger partial charge in [0.1, 0.15) is 13.2 Å². The second-order valence-electron chi connectivity index (χ2n) is 9.93. The Hall–Kier alpha value is -2.44. The van der Waals surface area contributed by atoms with Crippen LogP contribution in [0.15, 0.2) is 41.3 Å². The predicted octanol–water partition coefficient (Wildman–Crippen LogP) is 5.04. The zero-order valence-electron chi connectivity index (χ0n) is 23.2. The van der Waals surface area contributed by atoms with Gasteiger partial charge in [-0.3, -0.25) is 9.69 Å². The maximum Gasteiger partial charge on any atom is 0.260 e. The minimum absolute atomic E-state index is 0. The molecule has 3 aromatic rings.